The molecule has 8 nitrogen and oxygen atoms in total. The summed E-state index contributed by atoms with van der Waals surface area (Å²) in [5.41, 5.74) is 0.232. The third-order valence-corrected chi connectivity index (χ3v) is 6.83. The maximum Gasteiger partial charge on any atom is 0.408 e. The predicted molar refractivity (Wildman–Crippen MR) is 92.5 cm³/mol. The molecule has 3 heterocycles. The number of carbonyl (C=O) groups is 2. The van der Waals surface area contributed by atoms with Crippen LogP contribution < -0.4 is 0 Å². The van der Waals surface area contributed by atoms with Gasteiger partial charge in [-0.3, -0.25) is 9.69 Å². The van der Waals surface area contributed by atoms with Gasteiger partial charge < -0.3 is 24.7 Å². The molecule has 4 atom stereocenters. The van der Waals surface area contributed by atoms with Crippen LogP contribution in [0, 0.1) is 5.41 Å². The van der Waals surface area contributed by atoms with Gasteiger partial charge in [-0.1, -0.05) is 0 Å². The number of likely N-dealkylation sites (tertiary alicyclic amines) is 1. The molecule has 4 fully saturated rings. The van der Waals surface area contributed by atoms with Crippen LogP contribution in [0.15, 0.2) is 0 Å². The number of amides is 2. The summed E-state index contributed by atoms with van der Waals surface area (Å²) in [6.45, 7) is 5.07. The second-order valence-corrected chi connectivity index (χ2v) is 8.37. The van der Waals surface area contributed by atoms with Gasteiger partial charge in [-0.15, -0.1) is 0 Å². The minimum Gasteiger partial charge on any atom is -0.465 e. The van der Waals surface area contributed by atoms with Gasteiger partial charge in [0.15, 0.2) is 6.23 Å². The third kappa shape index (κ3) is 3.08. The molecular formula is C18H29N3O5. The lowest BCUT2D eigenvalue weighted by molar-refractivity contribution is -0.151. The number of β-amino-alcohol motifs (C(OH)–C–C–N with tert-alkyl or cyclic N) is 1. The maximum absolute atomic E-state index is 12.6. The lowest BCUT2D eigenvalue weighted by atomic mass is 9.90. The van der Waals surface area contributed by atoms with E-state index in [1.807, 2.05) is 0 Å². The zero-order valence-corrected chi connectivity index (χ0v) is 15.3. The van der Waals surface area contributed by atoms with Gasteiger partial charge in [0.1, 0.15) is 6.04 Å². The van der Waals surface area contributed by atoms with Gasteiger partial charge in [0.05, 0.1) is 25.3 Å². The number of aliphatic hydroxyl groups is 1. The molecule has 1 aliphatic carbocycles. The van der Waals surface area contributed by atoms with E-state index in [0.717, 1.165) is 43.8 Å². The normalized spacial score (nSPS) is 36.5. The number of hydrogen-bond donors (Lipinski definition) is 2. The smallest absolute Gasteiger partial charge is 0.408 e. The highest BCUT2D eigenvalue weighted by Gasteiger charge is 2.51. The molecule has 0 bridgehead atoms. The molecule has 3 aliphatic heterocycles. The summed E-state index contributed by atoms with van der Waals surface area (Å²) >= 11 is 0. The van der Waals surface area contributed by atoms with E-state index < -0.39 is 18.4 Å². The molecule has 0 aromatic carbocycles. The van der Waals surface area contributed by atoms with Crippen LogP contribution in [0.2, 0.25) is 0 Å². The molecule has 2 amide bonds. The Morgan fingerprint density at radius 3 is 2.73 bits per heavy atom. The van der Waals surface area contributed by atoms with Crippen molar-refractivity contribution in [3.8, 4) is 0 Å². The lowest BCUT2D eigenvalue weighted by Crippen LogP contribution is -2.61. The standard InChI is InChI=1S/C18H29N3O5/c1-12-16(23)21-13(11-26-15(21)10-20(12)17(24)25)3-2-7-19-8-6-18(4-5-18)14(22)9-19/h12-15,22H,2-11H2,1H3,(H,24,25)/t12-,13-,14+,15+/m0/s1. The van der Waals surface area contributed by atoms with Gasteiger partial charge in [0, 0.05) is 6.54 Å². The molecule has 0 aromatic rings. The third-order valence-electron chi connectivity index (χ3n) is 6.83. The fourth-order valence-electron chi connectivity index (χ4n) is 4.80. The van der Waals surface area contributed by atoms with Gasteiger partial charge in [-0.05, 0) is 57.5 Å². The SMILES string of the molecule is C[C@H]1C(=O)N2[C@@H](CCCN3CCC4(CC4)[C@H](O)C3)CO[C@@H]2CN1C(=O)O. The zero-order chi connectivity index (χ0) is 18.5. The molecule has 146 valence electrons. The van der Waals surface area contributed by atoms with Crippen LogP contribution in [-0.4, -0.2) is 94.1 Å². The summed E-state index contributed by atoms with van der Waals surface area (Å²) in [5, 5.41) is 19.5. The molecule has 26 heavy (non-hydrogen) atoms. The first kappa shape index (κ1) is 18.0. The summed E-state index contributed by atoms with van der Waals surface area (Å²) in [6.07, 6.45) is 3.51. The van der Waals surface area contributed by atoms with E-state index >= 15 is 0 Å². The first-order valence-electron chi connectivity index (χ1n) is 9.75. The monoisotopic (exact) mass is 367 g/mol. The highest BCUT2D eigenvalue weighted by molar-refractivity contribution is 5.86. The molecule has 8 heteroatoms. The Labute approximate surface area is 153 Å². The lowest BCUT2D eigenvalue weighted by Gasteiger charge is -2.41. The summed E-state index contributed by atoms with van der Waals surface area (Å²) < 4.78 is 5.71. The minimum absolute atomic E-state index is 0.0235. The van der Waals surface area contributed by atoms with Crippen molar-refractivity contribution in [1.29, 1.82) is 0 Å². The largest absolute Gasteiger partial charge is 0.465 e. The van der Waals surface area contributed by atoms with Crippen LogP contribution in [0.25, 0.3) is 0 Å². The first-order valence-corrected chi connectivity index (χ1v) is 9.75. The number of carbonyl (C=O) groups excluding carboxylic acids is 1. The van der Waals surface area contributed by atoms with Gasteiger partial charge in [-0.2, -0.15) is 0 Å². The fourth-order valence-corrected chi connectivity index (χ4v) is 4.80. The molecule has 0 aromatic heterocycles. The highest BCUT2D eigenvalue weighted by Crippen LogP contribution is 2.53. The number of fused-ring (bicyclic) bond motifs is 1. The average Bonchev–Trinajstić information content (AvgIpc) is 3.27. The topological polar surface area (TPSA) is 93.6 Å². The summed E-state index contributed by atoms with van der Waals surface area (Å²) in [7, 11) is 0. The molecule has 4 aliphatic rings. The number of piperidine rings is 1. The molecular weight excluding hydrogens is 338 g/mol. The molecule has 3 saturated heterocycles. The van der Waals surface area contributed by atoms with E-state index in [-0.39, 0.29) is 30.0 Å². The molecule has 2 N–H and O–H groups in total. The Morgan fingerprint density at radius 2 is 2.08 bits per heavy atom. The number of aliphatic hydroxyl groups excluding tert-OH is 1. The number of piperazine rings is 1. The quantitative estimate of drug-likeness (QED) is 0.754. The number of carboxylic acid groups (broad SMARTS) is 1. The average molecular weight is 367 g/mol. The van der Waals surface area contributed by atoms with Gasteiger partial charge in [-0.25, -0.2) is 4.79 Å². The molecule has 0 radical (unpaired) electrons. The minimum atomic E-state index is -1.07. The Balaban J connectivity index is 1.27. The predicted octanol–water partition coefficient (Wildman–Crippen LogP) is 0.549. The second-order valence-electron chi connectivity index (χ2n) is 8.37. The van der Waals surface area contributed by atoms with Crippen molar-refractivity contribution in [2.45, 2.75) is 63.4 Å². The fraction of sp³-hybridized carbons (Fsp3) is 0.889. The van der Waals surface area contributed by atoms with Crippen LogP contribution in [-0.2, 0) is 9.53 Å². The molecule has 4 rings (SSSR count). The second kappa shape index (κ2) is 6.65. The Bertz CT molecular complexity index is 581. The Kier molecular flexibility index (Phi) is 4.61. The van der Waals surface area contributed by atoms with Crippen molar-refractivity contribution in [3.05, 3.63) is 0 Å². The van der Waals surface area contributed by atoms with Crippen molar-refractivity contribution in [2.75, 3.05) is 32.8 Å². The van der Waals surface area contributed by atoms with E-state index in [1.54, 1.807) is 11.8 Å². The van der Waals surface area contributed by atoms with E-state index in [1.165, 1.54) is 12.8 Å². The first-order chi connectivity index (χ1) is 12.4. The van der Waals surface area contributed by atoms with Crippen LogP contribution in [0.1, 0.15) is 39.0 Å². The number of hydrogen-bond acceptors (Lipinski definition) is 5. The van der Waals surface area contributed by atoms with Gasteiger partial charge >= 0.3 is 6.09 Å². The number of ether oxygens (including phenoxy) is 1. The summed E-state index contributed by atoms with van der Waals surface area (Å²) in [6, 6.07) is -0.629. The van der Waals surface area contributed by atoms with Crippen molar-refractivity contribution >= 4 is 12.0 Å². The highest BCUT2D eigenvalue weighted by atomic mass is 16.5. The van der Waals surface area contributed by atoms with E-state index in [4.69, 9.17) is 4.74 Å². The van der Waals surface area contributed by atoms with Gasteiger partial charge in [0.2, 0.25) is 5.91 Å². The maximum atomic E-state index is 12.6. The Hall–Kier alpha value is -1.38. The van der Waals surface area contributed by atoms with E-state index in [9.17, 15) is 19.8 Å². The van der Waals surface area contributed by atoms with Crippen LogP contribution in [0.4, 0.5) is 4.79 Å². The van der Waals surface area contributed by atoms with Crippen molar-refractivity contribution in [2.24, 2.45) is 5.41 Å². The van der Waals surface area contributed by atoms with Crippen molar-refractivity contribution in [1.82, 2.24) is 14.7 Å². The van der Waals surface area contributed by atoms with Crippen LogP contribution >= 0.6 is 0 Å². The van der Waals surface area contributed by atoms with Crippen molar-refractivity contribution in [3.63, 3.8) is 0 Å². The van der Waals surface area contributed by atoms with Crippen LogP contribution in [0.3, 0.4) is 0 Å². The van der Waals surface area contributed by atoms with Crippen LogP contribution in [0.5, 0.6) is 0 Å². The molecule has 0 unspecified atom stereocenters. The van der Waals surface area contributed by atoms with Crippen molar-refractivity contribution < 1.29 is 24.5 Å². The molecule has 1 spiro atoms. The summed E-state index contributed by atoms with van der Waals surface area (Å²) in [5.74, 6) is -0.157. The Morgan fingerprint density at radius 1 is 1.31 bits per heavy atom. The number of rotatable bonds is 4. The number of nitrogens with zero attached hydrogens (tertiary/aromatic N) is 3. The summed E-state index contributed by atoms with van der Waals surface area (Å²) in [4.78, 5) is 29.1. The van der Waals surface area contributed by atoms with E-state index in [0.29, 0.717) is 6.61 Å². The van der Waals surface area contributed by atoms with E-state index in [2.05, 4.69) is 4.90 Å². The zero-order valence-electron chi connectivity index (χ0n) is 15.3. The molecule has 1 saturated carbocycles. The van der Waals surface area contributed by atoms with Gasteiger partial charge in [0.25, 0.3) is 0 Å².